The number of hydrogen-bond donors (Lipinski definition) is 1. The topological polar surface area (TPSA) is 73.3 Å². The zero-order valence-corrected chi connectivity index (χ0v) is 12.0. The van der Waals surface area contributed by atoms with Crippen LogP contribution in [0.4, 0.5) is 5.69 Å². The fraction of sp³-hybridized carbons (Fsp3) is 0. The van der Waals surface area contributed by atoms with E-state index in [-0.39, 0.29) is 5.56 Å². The Bertz CT molecular complexity index is 762. The minimum absolute atomic E-state index is 0.268. The van der Waals surface area contributed by atoms with E-state index >= 15 is 0 Å². The second kappa shape index (κ2) is 7.04. The van der Waals surface area contributed by atoms with E-state index in [4.69, 9.17) is 9.57 Å². The molecule has 0 radical (unpaired) electrons. The van der Waals surface area contributed by atoms with E-state index in [1.807, 2.05) is 30.3 Å². The number of para-hydroxylation sites is 1. The molecule has 2 aromatic carbocycles. The van der Waals surface area contributed by atoms with Crippen molar-refractivity contribution in [1.29, 1.82) is 0 Å². The van der Waals surface area contributed by atoms with Gasteiger partial charge in [-0.3, -0.25) is 0 Å². The molecule has 0 aliphatic carbocycles. The van der Waals surface area contributed by atoms with Gasteiger partial charge in [0.2, 0.25) is 0 Å². The number of ether oxygens (including phenoxy) is 1. The first-order valence-electron chi connectivity index (χ1n) is 6.86. The first-order chi connectivity index (χ1) is 11.3. The summed E-state index contributed by atoms with van der Waals surface area (Å²) in [5.74, 6) is 0.878. The van der Waals surface area contributed by atoms with Gasteiger partial charge >= 0.3 is 5.97 Å². The minimum Gasteiger partial charge on any atom is -0.457 e. The lowest BCUT2D eigenvalue weighted by Gasteiger charge is -2.08. The van der Waals surface area contributed by atoms with Gasteiger partial charge < -0.3 is 9.57 Å². The van der Waals surface area contributed by atoms with Crippen LogP contribution in [0.25, 0.3) is 0 Å². The van der Waals surface area contributed by atoms with E-state index in [1.54, 1.807) is 24.3 Å². The van der Waals surface area contributed by atoms with Crippen LogP contribution in [0, 0.1) is 0 Å². The molecule has 1 heterocycles. The number of rotatable bonds is 5. The average molecular weight is 307 g/mol. The highest BCUT2D eigenvalue weighted by molar-refractivity contribution is 5.89. The van der Waals surface area contributed by atoms with Crippen molar-refractivity contribution in [3.63, 3.8) is 0 Å². The molecule has 114 valence electrons. The summed E-state index contributed by atoms with van der Waals surface area (Å²) < 4.78 is 5.68. The summed E-state index contributed by atoms with van der Waals surface area (Å²) in [5.41, 5.74) is 3.46. The molecule has 1 aromatic heterocycles. The van der Waals surface area contributed by atoms with E-state index in [0.717, 1.165) is 5.75 Å². The van der Waals surface area contributed by atoms with Crippen LogP contribution >= 0.6 is 0 Å². The maximum Gasteiger partial charge on any atom is 0.365 e. The monoisotopic (exact) mass is 307 g/mol. The SMILES string of the molecule is O=C(ONc1ccc(Oc2ccccc2)cc1)c1cncnc1. The molecule has 0 saturated carbocycles. The van der Waals surface area contributed by atoms with Crippen LogP contribution in [-0.4, -0.2) is 15.9 Å². The summed E-state index contributed by atoms with van der Waals surface area (Å²) in [6.07, 6.45) is 4.11. The molecule has 0 bridgehead atoms. The Hall–Kier alpha value is -3.41. The third-order valence-corrected chi connectivity index (χ3v) is 2.89. The Labute approximate surface area is 132 Å². The summed E-state index contributed by atoms with van der Waals surface area (Å²) in [6, 6.07) is 16.5. The Morgan fingerprint density at radius 3 is 2.22 bits per heavy atom. The molecule has 0 unspecified atom stereocenters. The smallest absolute Gasteiger partial charge is 0.365 e. The molecule has 3 rings (SSSR count). The van der Waals surface area contributed by atoms with Crippen molar-refractivity contribution in [2.24, 2.45) is 0 Å². The zero-order valence-electron chi connectivity index (χ0n) is 12.0. The lowest BCUT2D eigenvalue weighted by atomic mass is 10.3. The van der Waals surface area contributed by atoms with E-state index in [2.05, 4.69) is 15.4 Å². The standard InChI is InChI=1S/C17H13N3O3/c21-17(13-10-18-12-19-11-13)23-20-14-6-8-16(9-7-14)22-15-4-2-1-3-5-15/h1-12,20H. The van der Waals surface area contributed by atoms with Crippen LogP contribution in [0.5, 0.6) is 11.5 Å². The average Bonchev–Trinajstić information content (AvgIpc) is 2.62. The minimum atomic E-state index is -0.560. The van der Waals surface area contributed by atoms with Crippen LogP contribution in [0.2, 0.25) is 0 Å². The number of anilines is 1. The molecular weight excluding hydrogens is 294 g/mol. The number of aromatic nitrogens is 2. The quantitative estimate of drug-likeness (QED) is 0.728. The second-order valence-electron chi connectivity index (χ2n) is 4.56. The second-order valence-corrected chi connectivity index (χ2v) is 4.56. The van der Waals surface area contributed by atoms with Crippen LogP contribution in [0.15, 0.2) is 73.3 Å². The number of carbonyl (C=O) groups is 1. The van der Waals surface area contributed by atoms with Gasteiger partial charge in [-0.1, -0.05) is 18.2 Å². The highest BCUT2D eigenvalue weighted by atomic mass is 16.7. The van der Waals surface area contributed by atoms with Gasteiger partial charge in [-0.15, -0.1) is 0 Å². The Kier molecular flexibility index (Phi) is 4.44. The molecule has 0 saturated heterocycles. The molecule has 23 heavy (non-hydrogen) atoms. The highest BCUT2D eigenvalue weighted by Gasteiger charge is 2.07. The van der Waals surface area contributed by atoms with E-state index in [0.29, 0.717) is 11.4 Å². The molecule has 0 fully saturated rings. The van der Waals surface area contributed by atoms with Crippen molar-refractivity contribution < 1.29 is 14.4 Å². The molecule has 6 heteroatoms. The summed E-state index contributed by atoms with van der Waals surface area (Å²) in [4.78, 5) is 24.2. The maximum atomic E-state index is 11.7. The Balaban J connectivity index is 1.56. The van der Waals surface area contributed by atoms with Crippen LogP contribution in [0.3, 0.4) is 0 Å². The van der Waals surface area contributed by atoms with Crippen molar-refractivity contribution in [1.82, 2.24) is 9.97 Å². The predicted octanol–water partition coefficient (Wildman–Crippen LogP) is 3.45. The lowest BCUT2D eigenvalue weighted by molar-refractivity contribution is 0.0595. The molecule has 3 aromatic rings. The van der Waals surface area contributed by atoms with E-state index < -0.39 is 5.97 Å². The summed E-state index contributed by atoms with van der Waals surface area (Å²) in [7, 11) is 0. The zero-order chi connectivity index (χ0) is 15.9. The summed E-state index contributed by atoms with van der Waals surface area (Å²) in [5, 5.41) is 0. The van der Waals surface area contributed by atoms with Gasteiger partial charge in [-0.05, 0) is 36.4 Å². The van der Waals surface area contributed by atoms with Crippen molar-refractivity contribution in [3.05, 3.63) is 78.9 Å². The number of hydrogen-bond acceptors (Lipinski definition) is 6. The highest BCUT2D eigenvalue weighted by Crippen LogP contribution is 2.22. The molecule has 0 amide bonds. The van der Waals surface area contributed by atoms with Gasteiger partial charge in [0.05, 0.1) is 11.3 Å². The summed E-state index contributed by atoms with van der Waals surface area (Å²) >= 11 is 0. The normalized spacial score (nSPS) is 9.91. The molecule has 0 atom stereocenters. The maximum absolute atomic E-state index is 11.7. The number of benzene rings is 2. The molecule has 0 spiro atoms. The van der Waals surface area contributed by atoms with E-state index in [1.165, 1.54) is 18.7 Å². The fourth-order valence-corrected chi connectivity index (χ4v) is 1.78. The van der Waals surface area contributed by atoms with Gasteiger partial charge in [-0.25, -0.2) is 20.2 Å². The largest absolute Gasteiger partial charge is 0.457 e. The van der Waals surface area contributed by atoms with Gasteiger partial charge in [0.15, 0.2) is 0 Å². The van der Waals surface area contributed by atoms with Crippen molar-refractivity contribution in [3.8, 4) is 11.5 Å². The fourth-order valence-electron chi connectivity index (χ4n) is 1.78. The van der Waals surface area contributed by atoms with Crippen LogP contribution in [-0.2, 0) is 4.84 Å². The Morgan fingerprint density at radius 1 is 0.870 bits per heavy atom. The molecule has 0 aliphatic heterocycles. The first kappa shape index (κ1) is 14.5. The lowest BCUT2D eigenvalue weighted by Crippen LogP contribution is -2.11. The van der Waals surface area contributed by atoms with Crippen molar-refractivity contribution >= 4 is 11.7 Å². The molecule has 0 aliphatic rings. The third kappa shape index (κ3) is 4.04. The van der Waals surface area contributed by atoms with Crippen molar-refractivity contribution in [2.75, 3.05) is 5.48 Å². The molecule has 6 nitrogen and oxygen atoms in total. The number of nitrogens with one attached hydrogen (secondary N) is 1. The van der Waals surface area contributed by atoms with Crippen LogP contribution in [0.1, 0.15) is 10.4 Å². The number of nitrogens with zero attached hydrogens (tertiary/aromatic N) is 2. The van der Waals surface area contributed by atoms with Crippen molar-refractivity contribution in [2.45, 2.75) is 0 Å². The first-order valence-corrected chi connectivity index (χ1v) is 6.86. The van der Waals surface area contributed by atoms with Crippen LogP contribution < -0.4 is 10.2 Å². The van der Waals surface area contributed by atoms with Gasteiger partial charge in [0.1, 0.15) is 17.8 Å². The summed E-state index contributed by atoms with van der Waals surface area (Å²) in [6.45, 7) is 0. The molecular formula is C17H13N3O3. The predicted molar refractivity (Wildman–Crippen MR) is 84.0 cm³/mol. The van der Waals surface area contributed by atoms with Gasteiger partial charge in [-0.2, -0.15) is 0 Å². The molecule has 1 N–H and O–H groups in total. The third-order valence-electron chi connectivity index (χ3n) is 2.89. The number of carbonyl (C=O) groups excluding carboxylic acids is 1. The van der Waals surface area contributed by atoms with E-state index in [9.17, 15) is 4.79 Å². The van der Waals surface area contributed by atoms with Gasteiger partial charge in [0.25, 0.3) is 0 Å². The Morgan fingerprint density at radius 2 is 1.52 bits per heavy atom. The van der Waals surface area contributed by atoms with Gasteiger partial charge in [0, 0.05) is 12.4 Å².